The summed E-state index contributed by atoms with van der Waals surface area (Å²) in [5, 5.41) is 0. The molecule has 0 saturated carbocycles. The van der Waals surface area contributed by atoms with E-state index in [0.29, 0.717) is 5.92 Å². The van der Waals surface area contributed by atoms with Crippen LogP contribution in [0.25, 0.3) is 0 Å². The van der Waals surface area contributed by atoms with Crippen molar-refractivity contribution in [3.05, 3.63) is 0 Å². The van der Waals surface area contributed by atoms with E-state index in [1.807, 2.05) is 0 Å². The molecule has 2 heterocycles. The molecule has 0 spiro atoms. The SMILES string of the molecule is C[C@@H](COC(C)(C)C)CN1C2CCCC1CC2. The minimum atomic E-state index is 0.00907. The van der Waals surface area contributed by atoms with Gasteiger partial charge >= 0.3 is 0 Å². The molecule has 0 aromatic carbocycles. The van der Waals surface area contributed by atoms with E-state index in [-0.39, 0.29) is 5.60 Å². The van der Waals surface area contributed by atoms with Crippen LogP contribution in [-0.4, -0.2) is 35.7 Å². The zero-order valence-corrected chi connectivity index (χ0v) is 12.0. The van der Waals surface area contributed by atoms with Gasteiger partial charge < -0.3 is 4.74 Å². The molecule has 0 aromatic rings. The van der Waals surface area contributed by atoms with Gasteiger partial charge in [-0.2, -0.15) is 0 Å². The lowest BCUT2D eigenvalue weighted by Gasteiger charge is -2.36. The van der Waals surface area contributed by atoms with Gasteiger partial charge in [0.25, 0.3) is 0 Å². The highest BCUT2D eigenvalue weighted by atomic mass is 16.5. The van der Waals surface area contributed by atoms with Gasteiger partial charge in [0.1, 0.15) is 0 Å². The minimum Gasteiger partial charge on any atom is -0.376 e. The largest absolute Gasteiger partial charge is 0.376 e. The molecule has 0 aromatic heterocycles. The van der Waals surface area contributed by atoms with Crippen LogP contribution in [0.15, 0.2) is 0 Å². The summed E-state index contributed by atoms with van der Waals surface area (Å²) in [5.41, 5.74) is 0.00907. The number of nitrogens with zero attached hydrogens (tertiary/aromatic N) is 1. The first kappa shape index (κ1) is 13.4. The second kappa shape index (κ2) is 5.27. The fraction of sp³-hybridized carbons (Fsp3) is 1.00. The van der Waals surface area contributed by atoms with Gasteiger partial charge in [-0.25, -0.2) is 0 Å². The molecule has 2 unspecified atom stereocenters. The summed E-state index contributed by atoms with van der Waals surface area (Å²) in [4.78, 5) is 2.78. The highest BCUT2D eigenvalue weighted by Crippen LogP contribution is 2.35. The van der Waals surface area contributed by atoms with E-state index in [1.54, 1.807) is 0 Å². The Morgan fingerprint density at radius 1 is 1.12 bits per heavy atom. The van der Waals surface area contributed by atoms with Crippen LogP contribution in [0.2, 0.25) is 0 Å². The van der Waals surface area contributed by atoms with Gasteiger partial charge in [0.05, 0.1) is 12.2 Å². The van der Waals surface area contributed by atoms with Crippen molar-refractivity contribution in [1.29, 1.82) is 0 Å². The molecular formula is C15H29NO. The maximum absolute atomic E-state index is 5.90. The van der Waals surface area contributed by atoms with Gasteiger partial charge in [0, 0.05) is 18.6 Å². The number of piperidine rings is 1. The van der Waals surface area contributed by atoms with Crippen LogP contribution in [0.4, 0.5) is 0 Å². The first-order valence-corrected chi connectivity index (χ1v) is 7.35. The van der Waals surface area contributed by atoms with Crippen LogP contribution in [0.3, 0.4) is 0 Å². The Kier molecular flexibility index (Phi) is 4.14. The molecule has 2 rings (SSSR count). The second-order valence-corrected chi connectivity index (χ2v) is 7.04. The summed E-state index contributed by atoms with van der Waals surface area (Å²) in [6, 6.07) is 1.79. The zero-order chi connectivity index (χ0) is 12.5. The fourth-order valence-corrected chi connectivity index (χ4v) is 3.33. The molecule has 0 amide bonds. The maximum Gasteiger partial charge on any atom is 0.0598 e. The molecule has 0 aliphatic carbocycles. The normalized spacial score (nSPS) is 31.8. The van der Waals surface area contributed by atoms with Gasteiger partial charge in [-0.15, -0.1) is 0 Å². The molecule has 2 heteroatoms. The Morgan fingerprint density at radius 3 is 2.24 bits per heavy atom. The molecule has 2 aliphatic rings. The smallest absolute Gasteiger partial charge is 0.0598 e. The molecule has 3 atom stereocenters. The van der Waals surface area contributed by atoms with Crippen LogP contribution in [0, 0.1) is 5.92 Å². The first-order valence-electron chi connectivity index (χ1n) is 7.35. The van der Waals surface area contributed by atoms with Crippen LogP contribution in [-0.2, 0) is 4.74 Å². The number of hydrogen-bond acceptors (Lipinski definition) is 2. The summed E-state index contributed by atoms with van der Waals surface area (Å²) < 4.78 is 5.90. The fourth-order valence-electron chi connectivity index (χ4n) is 3.33. The summed E-state index contributed by atoms with van der Waals surface area (Å²) >= 11 is 0. The maximum atomic E-state index is 5.90. The standard InChI is InChI=1S/C15H29NO/c1-12(11-17-15(2,3)4)10-16-13-6-5-7-14(16)9-8-13/h12-14H,5-11H2,1-4H3/t12-,13?,14?/m1/s1. The van der Waals surface area contributed by atoms with Gasteiger partial charge in [-0.1, -0.05) is 13.3 Å². The van der Waals surface area contributed by atoms with Crippen LogP contribution < -0.4 is 0 Å². The number of hydrogen-bond donors (Lipinski definition) is 0. The highest BCUT2D eigenvalue weighted by Gasteiger charge is 2.36. The predicted molar refractivity (Wildman–Crippen MR) is 72.2 cm³/mol. The van der Waals surface area contributed by atoms with E-state index in [4.69, 9.17) is 4.74 Å². The summed E-state index contributed by atoms with van der Waals surface area (Å²) in [6.07, 6.45) is 7.21. The van der Waals surface area contributed by atoms with E-state index < -0.39 is 0 Å². The average molecular weight is 239 g/mol. The molecule has 2 bridgehead atoms. The molecule has 2 saturated heterocycles. The third-order valence-corrected chi connectivity index (χ3v) is 4.17. The van der Waals surface area contributed by atoms with Crippen molar-refractivity contribution in [2.45, 2.75) is 77.5 Å². The topological polar surface area (TPSA) is 12.5 Å². The molecule has 0 radical (unpaired) electrons. The van der Waals surface area contributed by atoms with Crippen LogP contribution in [0.5, 0.6) is 0 Å². The number of rotatable bonds is 4. The monoisotopic (exact) mass is 239 g/mol. The van der Waals surface area contributed by atoms with Crippen molar-refractivity contribution < 1.29 is 4.74 Å². The Bertz CT molecular complexity index is 230. The van der Waals surface area contributed by atoms with E-state index in [2.05, 4.69) is 32.6 Å². The predicted octanol–water partition coefficient (Wildman–Crippen LogP) is 3.45. The summed E-state index contributed by atoms with van der Waals surface area (Å²) in [7, 11) is 0. The second-order valence-electron chi connectivity index (χ2n) is 7.04. The van der Waals surface area contributed by atoms with Gasteiger partial charge in [-0.05, 0) is 52.4 Å². The molecule has 2 fully saturated rings. The van der Waals surface area contributed by atoms with Gasteiger partial charge in [-0.3, -0.25) is 4.90 Å². The molecule has 2 nitrogen and oxygen atoms in total. The lowest BCUT2D eigenvalue weighted by atomic mass is 10.0. The molecule has 2 aliphatic heterocycles. The van der Waals surface area contributed by atoms with Gasteiger partial charge in [0.2, 0.25) is 0 Å². The van der Waals surface area contributed by atoms with E-state index >= 15 is 0 Å². The number of fused-ring (bicyclic) bond motifs is 2. The molecular weight excluding hydrogens is 210 g/mol. The summed E-state index contributed by atoms with van der Waals surface area (Å²) in [5.74, 6) is 0.662. The van der Waals surface area contributed by atoms with E-state index in [9.17, 15) is 0 Å². The highest BCUT2D eigenvalue weighted by molar-refractivity contribution is 4.92. The quantitative estimate of drug-likeness (QED) is 0.745. The van der Waals surface area contributed by atoms with Gasteiger partial charge in [0.15, 0.2) is 0 Å². The molecule has 100 valence electrons. The minimum absolute atomic E-state index is 0.00907. The first-order chi connectivity index (χ1) is 7.96. The van der Waals surface area contributed by atoms with Crippen LogP contribution in [0.1, 0.15) is 59.8 Å². The number of ether oxygens (including phenoxy) is 1. The molecule has 17 heavy (non-hydrogen) atoms. The third-order valence-electron chi connectivity index (χ3n) is 4.17. The Hall–Kier alpha value is -0.0800. The summed E-state index contributed by atoms with van der Waals surface area (Å²) in [6.45, 7) is 10.9. The van der Waals surface area contributed by atoms with Crippen molar-refractivity contribution in [3.63, 3.8) is 0 Å². The van der Waals surface area contributed by atoms with E-state index in [0.717, 1.165) is 18.7 Å². The molecule has 0 N–H and O–H groups in total. The average Bonchev–Trinajstić information content (AvgIpc) is 2.49. The zero-order valence-electron chi connectivity index (χ0n) is 12.0. The Morgan fingerprint density at radius 2 is 1.71 bits per heavy atom. The van der Waals surface area contributed by atoms with Crippen molar-refractivity contribution in [2.75, 3.05) is 13.2 Å². The van der Waals surface area contributed by atoms with E-state index in [1.165, 1.54) is 38.6 Å². The van der Waals surface area contributed by atoms with Crippen LogP contribution >= 0.6 is 0 Å². The van der Waals surface area contributed by atoms with Crippen molar-refractivity contribution >= 4 is 0 Å². The third kappa shape index (κ3) is 3.69. The van der Waals surface area contributed by atoms with Crippen molar-refractivity contribution in [1.82, 2.24) is 4.90 Å². The van der Waals surface area contributed by atoms with Crippen molar-refractivity contribution in [3.8, 4) is 0 Å². The lowest BCUT2D eigenvalue weighted by Crippen LogP contribution is -2.43. The lowest BCUT2D eigenvalue weighted by molar-refractivity contribution is -0.0285. The Balaban J connectivity index is 1.77. The Labute approximate surface area is 107 Å². The van der Waals surface area contributed by atoms with Crippen molar-refractivity contribution in [2.24, 2.45) is 5.92 Å².